The Kier molecular flexibility index (Phi) is 4.96. The third-order valence-corrected chi connectivity index (χ3v) is 4.56. The number of aromatic nitrogens is 3. The first-order chi connectivity index (χ1) is 11.6. The summed E-state index contributed by atoms with van der Waals surface area (Å²) in [5, 5.41) is 19.3. The molecule has 0 unspecified atom stereocenters. The second-order valence-electron chi connectivity index (χ2n) is 5.39. The summed E-state index contributed by atoms with van der Waals surface area (Å²) in [6.45, 7) is 2.12. The van der Waals surface area contributed by atoms with Crippen molar-refractivity contribution in [1.82, 2.24) is 14.8 Å². The molecule has 0 aliphatic carbocycles. The minimum absolute atomic E-state index is 0.0818. The fraction of sp³-hybridized carbons (Fsp3) is 0.167. The molecule has 1 aromatic heterocycles. The van der Waals surface area contributed by atoms with Crippen molar-refractivity contribution in [1.29, 1.82) is 0 Å². The highest BCUT2D eigenvalue weighted by molar-refractivity contribution is 7.99. The molecule has 0 fully saturated rings. The number of carbonyl (C=O) groups is 1. The maximum absolute atomic E-state index is 11.3. The Bertz CT molecular complexity index is 846. The third kappa shape index (κ3) is 3.65. The van der Waals surface area contributed by atoms with E-state index in [1.165, 1.54) is 11.8 Å². The van der Waals surface area contributed by atoms with E-state index in [1.807, 2.05) is 41.0 Å². The summed E-state index contributed by atoms with van der Waals surface area (Å²) in [5.41, 5.74) is 1.72. The van der Waals surface area contributed by atoms with Gasteiger partial charge in [0.25, 0.3) is 0 Å². The number of benzene rings is 2. The number of hydrogen-bond acceptors (Lipinski definition) is 5. The topological polar surface area (TPSA) is 68.0 Å². The molecule has 0 bridgehead atoms. The van der Waals surface area contributed by atoms with E-state index in [1.54, 1.807) is 25.1 Å². The summed E-state index contributed by atoms with van der Waals surface area (Å²) in [6.07, 6.45) is 0. The van der Waals surface area contributed by atoms with E-state index < -0.39 is 0 Å². The zero-order valence-corrected chi connectivity index (χ0v) is 14.0. The molecule has 3 rings (SSSR count). The predicted molar refractivity (Wildman–Crippen MR) is 94.1 cm³/mol. The van der Waals surface area contributed by atoms with Crippen molar-refractivity contribution in [3.05, 3.63) is 60.2 Å². The first kappa shape index (κ1) is 16.3. The highest BCUT2D eigenvalue weighted by Gasteiger charge is 2.17. The Balaban J connectivity index is 2.02. The monoisotopic (exact) mass is 339 g/mol. The maximum Gasteiger partial charge on any atom is 0.192 e. The zero-order valence-electron chi connectivity index (χ0n) is 13.2. The summed E-state index contributed by atoms with van der Waals surface area (Å²) in [5.74, 6) is 1.16. The minimum Gasteiger partial charge on any atom is -0.507 e. The van der Waals surface area contributed by atoms with E-state index in [2.05, 4.69) is 10.2 Å². The van der Waals surface area contributed by atoms with Gasteiger partial charge in [-0.3, -0.25) is 9.36 Å². The molecule has 122 valence electrons. The number of ketones is 1. The van der Waals surface area contributed by atoms with Gasteiger partial charge < -0.3 is 5.11 Å². The highest BCUT2D eigenvalue weighted by atomic mass is 32.2. The van der Waals surface area contributed by atoms with Crippen LogP contribution in [0.4, 0.5) is 0 Å². The summed E-state index contributed by atoms with van der Waals surface area (Å²) < 4.78 is 1.93. The van der Waals surface area contributed by atoms with Crippen molar-refractivity contribution in [2.24, 2.45) is 0 Å². The van der Waals surface area contributed by atoms with E-state index in [4.69, 9.17) is 0 Å². The maximum atomic E-state index is 11.3. The molecule has 6 heteroatoms. The van der Waals surface area contributed by atoms with Gasteiger partial charge in [-0.25, -0.2) is 0 Å². The molecular formula is C18H17N3O2S. The van der Waals surface area contributed by atoms with Gasteiger partial charge in [-0.15, -0.1) is 10.2 Å². The van der Waals surface area contributed by atoms with Crippen LogP contribution in [-0.4, -0.2) is 31.4 Å². The van der Waals surface area contributed by atoms with E-state index in [0.29, 0.717) is 28.8 Å². The molecule has 0 saturated heterocycles. The van der Waals surface area contributed by atoms with Crippen LogP contribution in [0.5, 0.6) is 5.75 Å². The number of phenols is 1. The van der Waals surface area contributed by atoms with Crippen LogP contribution in [0.3, 0.4) is 0 Å². The van der Waals surface area contributed by atoms with Gasteiger partial charge in [-0.1, -0.05) is 54.2 Å². The van der Waals surface area contributed by atoms with E-state index in [0.717, 1.165) is 5.56 Å². The molecule has 0 aliphatic heterocycles. The molecule has 0 saturated carbocycles. The standard InChI is InChI=1S/C18H17N3O2S/c1-13(22)12-24-18-20-19-17(15-9-5-6-10-16(15)23)21(18)11-14-7-3-2-4-8-14/h2-10,23H,11-12H2,1H3. The molecule has 2 aromatic carbocycles. The van der Waals surface area contributed by atoms with Crippen LogP contribution < -0.4 is 0 Å². The predicted octanol–water partition coefficient (Wildman–Crippen LogP) is 3.38. The first-order valence-electron chi connectivity index (χ1n) is 7.53. The van der Waals surface area contributed by atoms with Crippen LogP contribution in [0.25, 0.3) is 11.4 Å². The number of thioether (sulfide) groups is 1. The van der Waals surface area contributed by atoms with Crippen LogP contribution in [0.1, 0.15) is 12.5 Å². The smallest absolute Gasteiger partial charge is 0.192 e. The van der Waals surface area contributed by atoms with Crippen molar-refractivity contribution in [2.75, 3.05) is 5.75 Å². The Morgan fingerprint density at radius 3 is 2.50 bits per heavy atom. The van der Waals surface area contributed by atoms with Gasteiger partial charge >= 0.3 is 0 Å². The number of hydrogen-bond donors (Lipinski definition) is 1. The van der Waals surface area contributed by atoms with Crippen molar-refractivity contribution >= 4 is 17.5 Å². The molecular weight excluding hydrogens is 322 g/mol. The number of Topliss-reactive ketones (excluding diaryl/α,β-unsaturated/α-hetero) is 1. The van der Waals surface area contributed by atoms with Crippen molar-refractivity contribution in [3.63, 3.8) is 0 Å². The Morgan fingerprint density at radius 1 is 1.08 bits per heavy atom. The molecule has 0 atom stereocenters. The van der Waals surface area contributed by atoms with Gasteiger partial charge in [0.05, 0.1) is 17.9 Å². The summed E-state index contributed by atoms with van der Waals surface area (Å²) in [7, 11) is 0. The molecule has 0 radical (unpaired) electrons. The lowest BCUT2D eigenvalue weighted by Gasteiger charge is -2.11. The van der Waals surface area contributed by atoms with Gasteiger partial charge in [-0.2, -0.15) is 0 Å². The normalized spacial score (nSPS) is 10.7. The molecule has 1 N–H and O–H groups in total. The first-order valence-corrected chi connectivity index (χ1v) is 8.51. The van der Waals surface area contributed by atoms with Gasteiger partial charge in [-0.05, 0) is 24.6 Å². The Labute approximate surface area is 144 Å². The highest BCUT2D eigenvalue weighted by Crippen LogP contribution is 2.30. The van der Waals surface area contributed by atoms with Crippen LogP contribution in [0, 0.1) is 0 Å². The van der Waals surface area contributed by atoms with E-state index in [9.17, 15) is 9.90 Å². The van der Waals surface area contributed by atoms with Crippen LogP contribution in [0.15, 0.2) is 59.8 Å². The fourth-order valence-corrected chi connectivity index (χ4v) is 3.07. The van der Waals surface area contributed by atoms with Gasteiger partial charge in [0.2, 0.25) is 0 Å². The second-order valence-corrected chi connectivity index (χ2v) is 6.33. The van der Waals surface area contributed by atoms with Crippen LogP contribution in [0.2, 0.25) is 0 Å². The number of phenolic OH excluding ortho intramolecular Hbond substituents is 1. The summed E-state index contributed by atoms with van der Waals surface area (Å²) >= 11 is 1.35. The van der Waals surface area contributed by atoms with Gasteiger partial charge in [0.1, 0.15) is 11.5 Å². The SMILES string of the molecule is CC(=O)CSc1nnc(-c2ccccc2O)n1Cc1ccccc1. The quantitative estimate of drug-likeness (QED) is 0.697. The number of para-hydroxylation sites is 1. The number of aromatic hydroxyl groups is 1. The molecule has 24 heavy (non-hydrogen) atoms. The van der Waals surface area contributed by atoms with E-state index in [-0.39, 0.29) is 11.5 Å². The average molecular weight is 339 g/mol. The Morgan fingerprint density at radius 2 is 1.79 bits per heavy atom. The third-order valence-electron chi connectivity index (χ3n) is 3.45. The number of carbonyl (C=O) groups excluding carboxylic acids is 1. The second kappa shape index (κ2) is 7.31. The molecule has 5 nitrogen and oxygen atoms in total. The molecule has 3 aromatic rings. The summed E-state index contributed by atoms with van der Waals surface area (Å²) in [6, 6.07) is 17.0. The number of nitrogens with zero attached hydrogens (tertiary/aromatic N) is 3. The minimum atomic E-state index is 0.0818. The summed E-state index contributed by atoms with van der Waals surface area (Å²) in [4.78, 5) is 11.3. The molecule has 0 spiro atoms. The molecule has 1 heterocycles. The van der Waals surface area contributed by atoms with Gasteiger partial charge in [0, 0.05) is 0 Å². The zero-order chi connectivity index (χ0) is 16.9. The molecule has 0 aliphatic rings. The molecule has 0 amide bonds. The largest absolute Gasteiger partial charge is 0.507 e. The lowest BCUT2D eigenvalue weighted by atomic mass is 10.1. The van der Waals surface area contributed by atoms with Crippen molar-refractivity contribution in [3.8, 4) is 17.1 Å². The number of rotatable bonds is 6. The van der Waals surface area contributed by atoms with Crippen molar-refractivity contribution < 1.29 is 9.90 Å². The Hall–Kier alpha value is -2.60. The van der Waals surface area contributed by atoms with Crippen molar-refractivity contribution in [2.45, 2.75) is 18.6 Å². The van der Waals surface area contributed by atoms with Crippen LogP contribution in [-0.2, 0) is 11.3 Å². The lowest BCUT2D eigenvalue weighted by Crippen LogP contribution is -2.05. The van der Waals surface area contributed by atoms with E-state index >= 15 is 0 Å². The lowest BCUT2D eigenvalue weighted by molar-refractivity contribution is -0.114. The van der Waals surface area contributed by atoms with Gasteiger partial charge in [0.15, 0.2) is 11.0 Å². The average Bonchev–Trinajstić information content (AvgIpc) is 2.97. The fourth-order valence-electron chi connectivity index (χ4n) is 2.33. The van der Waals surface area contributed by atoms with Crippen LogP contribution >= 0.6 is 11.8 Å².